The Kier molecular flexibility index (Phi) is 4.88. The number of carbonyl (C=O) groups is 1. The van der Waals surface area contributed by atoms with Crippen molar-refractivity contribution in [2.24, 2.45) is 5.16 Å². The minimum absolute atomic E-state index is 0.120. The molecule has 0 unspecified atom stereocenters. The van der Waals surface area contributed by atoms with Crippen molar-refractivity contribution in [3.63, 3.8) is 0 Å². The molecule has 0 amide bonds. The maximum atomic E-state index is 11.6. The van der Waals surface area contributed by atoms with Gasteiger partial charge in [-0.3, -0.25) is 0 Å². The van der Waals surface area contributed by atoms with Crippen LogP contribution in [0.4, 0.5) is 0 Å². The zero-order valence-corrected chi connectivity index (χ0v) is 11.6. The topological polar surface area (TPSA) is 58.9 Å². The van der Waals surface area contributed by atoms with Crippen molar-refractivity contribution < 1.29 is 14.7 Å². The Morgan fingerprint density at radius 1 is 1.05 bits per heavy atom. The number of nitrogens with zero attached hydrogens (tertiary/aromatic N) is 1. The first-order valence-corrected chi connectivity index (χ1v) is 6.39. The molecule has 21 heavy (non-hydrogen) atoms. The molecule has 0 aromatic heterocycles. The van der Waals surface area contributed by atoms with Gasteiger partial charge in [0.05, 0.1) is 7.11 Å². The predicted molar refractivity (Wildman–Crippen MR) is 82.2 cm³/mol. The van der Waals surface area contributed by atoms with E-state index in [-0.39, 0.29) is 5.71 Å². The normalized spacial score (nSPS) is 11.6. The Morgan fingerprint density at radius 3 is 2.38 bits per heavy atom. The van der Waals surface area contributed by atoms with E-state index in [0.717, 1.165) is 11.1 Å². The van der Waals surface area contributed by atoms with Crippen LogP contribution in [0.3, 0.4) is 0 Å². The van der Waals surface area contributed by atoms with Crippen molar-refractivity contribution in [2.45, 2.75) is 0 Å². The van der Waals surface area contributed by atoms with Crippen molar-refractivity contribution >= 4 is 23.8 Å². The zero-order valence-electron chi connectivity index (χ0n) is 11.6. The van der Waals surface area contributed by atoms with Gasteiger partial charge in [-0.05, 0) is 11.1 Å². The molecule has 0 aliphatic heterocycles. The molecule has 106 valence electrons. The van der Waals surface area contributed by atoms with Gasteiger partial charge in [0, 0.05) is 5.56 Å². The summed E-state index contributed by atoms with van der Waals surface area (Å²) < 4.78 is 4.62. The standard InChI is InChI=1S/C17H15NO3/c1-21-17(19)16(18-20)15-10-6-5-9-14(15)12-11-13-7-3-2-4-8-13/h2-12,20H,1H3/b12-11+,18-16?. The van der Waals surface area contributed by atoms with E-state index in [0.29, 0.717) is 5.56 Å². The lowest BCUT2D eigenvalue weighted by atomic mass is 10.0. The molecule has 0 spiro atoms. The number of rotatable bonds is 4. The van der Waals surface area contributed by atoms with Crippen molar-refractivity contribution in [3.8, 4) is 0 Å². The molecule has 4 nitrogen and oxygen atoms in total. The summed E-state index contributed by atoms with van der Waals surface area (Å²) in [6.45, 7) is 0. The minimum atomic E-state index is -0.682. The van der Waals surface area contributed by atoms with Crippen molar-refractivity contribution in [1.29, 1.82) is 0 Å². The van der Waals surface area contributed by atoms with Gasteiger partial charge in [0.1, 0.15) is 0 Å². The Bertz CT molecular complexity index is 675. The molecule has 2 aromatic carbocycles. The molecule has 0 radical (unpaired) electrons. The van der Waals surface area contributed by atoms with Crippen LogP contribution >= 0.6 is 0 Å². The summed E-state index contributed by atoms with van der Waals surface area (Å²) in [4.78, 5) is 11.6. The third-order valence-electron chi connectivity index (χ3n) is 2.95. The largest absolute Gasteiger partial charge is 0.464 e. The lowest BCUT2D eigenvalue weighted by Crippen LogP contribution is -2.18. The molecule has 2 rings (SSSR count). The average Bonchev–Trinajstić information content (AvgIpc) is 2.55. The first-order chi connectivity index (χ1) is 10.3. The second-order valence-corrected chi connectivity index (χ2v) is 4.27. The average molecular weight is 281 g/mol. The molecule has 2 aromatic rings. The monoisotopic (exact) mass is 281 g/mol. The Morgan fingerprint density at radius 2 is 1.71 bits per heavy atom. The minimum Gasteiger partial charge on any atom is -0.464 e. The third kappa shape index (κ3) is 3.57. The molecule has 0 heterocycles. The van der Waals surface area contributed by atoms with Gasteiger partial charge < -0.3 is 9.94 Å². The number of hydrogen-bond acceptors (Lipinski definition) is 4. The van der Waals surface area contributed by atoms with Crippen LogP contribution in [0, 0.1) is 0 Å². The van der Waals surface area contributed by atoms with Crippen LogP contribution in [0.25, 0.3) is 12.2 Å². The Labute approximate surface area is 123 Å². The summed E-state index contributed by atoms with van der Waals surface area (Å²) in [6, 6.07) is 16.9. The highest BCUT2D eigenvalue weighted by atomic mass is 16.5. The van der Waals surface area contributed by atoms with Gasteiger partial charge in [-0.2, -0.15) is 0 Å². The molecule has 4 heteroatoms. The quantitative estimate of drug-likeness (QED) is 0.308. The maximum absolute atomic E-state index is 11.6. The van der Waals surface area contributed by atoms with Crippen LogP contribution in [0.1, 0.15) is 16.7 Å². The fraction of sp³-hybridized carbons (Fsp3) is 0.0588. The van der Waals surface area contributed by atoms with E-state index in [1.165, 1.54) is 7.11 Å². The smallest absolute Gasteiger partial charge is 0.360 e. The highest BCUT2D eigenvalue weighted by molar-refractivity contribution is 6.43. The SMILES string of the molecule is COC(=O)C(=NO)c1ccccc1/C=C/c1ccccc1. The summed E-state index contributed by atoms with van der Waals surface area (Å²) in [5, 5.41) is 12.1. The molecule has 0 atom stereocenters. The third-order valence-corrected chi connectivity index (χ3v) is 2.95. The number of oxime groups is 1. The van der Waals surface area contributed by atoms with Gasteiger partial charge >= 0.3 is 5.97 Å². The van der Waals surface area contributed by atoms with Crippen molar-refractivity contribution in [2.75, 3.05) is 7.11 Å². The van der Waals surface area contributed by atoms with E-state index in [4.69, 9.17) is 5.21 Å². The van der Waals surface area contributed by atoms with Crippen LogP contribution in [0.5, 0.6) is 0 Å². The summed E-state index contributed by atoms with van der Waals surface area (Å²) >= 11 is 0. The molecule has 0 fully saturated rings. The van der Waals surface area contributed by atoms with Crippen molar-refractivity contribution in [3.05, 3.63) is 71.3 Å². The maximum Gasteiger partial charge on any atom is 0.360 e. The summed E-state index contributed by atoms with van der Waals surface area (Å²) in [7, 11) is 1.25. The summed E-state index contributed by atoms with van der Waals surface area (Å²) in [5.74, 6) is -0.682. The zero-order chi connectivity index (χ0) is 15.1. The highest BCUT2D eigenvalue weighted by Crippen LogP contribution is 2.15. The van der Waals surface area contributed by atoms with Crippen LogP contribution < -0.4 is 0 Å². The fourth-order valence-corrected chi connectivity index (χ4v) is 1.91. The van der Waals surface area contributed by atoms with E-state index < -0.39 is 5.97 Å². The molecule has 1 N–H and O–H groups in total. The van der Waals surface area contributed by atoms with E-state index in [2.05, 4.69) is 9.89 Å². The number of methoxy groups -OCH3 is 1. The lowest BCUT2D eigenvalue weighted by molar-refractivity contribution is -0.132. The van der Waals surface area contributed by atoms with E-state index >= 15 is 0 Å². The fourth-order valence-electron chi connectivity index (χ4n) is 1.91. The second kappa shape index (κ2) is 7.05. The molecular weight excluding hydrogens is 266 g/mol. The second-order valence-electron chi connectivity index (χ2n) is 4.27. The number of benzene rings is 2. The first kappa shape index (κ1) is 14.5. The van der Waals surface area contributed by atoms with E-state index in [1.807, 2.05) is 54.6 Å². The van der Waals surface area contributed by atoms with Gasteiger partial charge in [-0.25, -0.2) is 4.79 Å². The van der Waals surface area contributed by atoms with Crippen molar-refractivity contribution in [1.82, 2.24) is 0 Å². The van der Waals surface area contributed by atoms with E-state index in [9.17, 15) is 4.79 Å². The van der Waals surface area contributed by atoms with Gasteiger partial charge in [0.15, 0.2) is 5.71 Å². The van der Waals surface area contributed by atoms with Gasteiger partial charge in [0.25, 0.3) is 0 Å². The predicted octanol–water partition coefficient (Wildman–Crippen LogP) is 3.21. The lowest BCUT2D eigenvalue weighted by Gasteiger charge is -2.06. The van der Waals surface area contributed by atoms with Gasteiger partial charge in [0.2, 0.25) is 0 Å². The van der Waals surface area contributed by atoms with Crippen LogP contribution in [-0.2, 0) is 9.53 Å². The molecular formula is C17H15NO3. The number of ether oxygens (including phenoxy) is 1. The highest BCUT2D eigenvalue weighted by Gasteiger charge is 2.17. The molecule has 0 bridgehead atoms. The Balaban J connectivity index is 2.38. The summed E-state index contributed by atoms with van der Waals surface area (Å²) in [6.07, 6.45) is 3.78. The first-order valence-electron chi connectivity index (χ1n) is 6.39. The van der Waals surface area contributed by atoms with Crippen LogP contribution in [-0.4, -0.2) is 24.0 Å². The number of esters is 1. The summed E-state index contributed by atoms with van der Waals surface area (Å²) in [5.41, 5.74) is 2.19. The molecule has 0 saturated heterocycles. The van der Waals surface area contributed by atoms with Gasteiger partial charge in [-0.15, -0.1) is 0 Å². The Hall–Kier alpha value is -2.88. The number of carbonyl (C=O) groups excluding carboxylic acids is 1. The van der Waals surface area contributed by atoms with E-state index in [1.54, 1.807) is 12.1 Å². The van der Waals surface area contributed by atoms with Gasteiger partial charge in [-0.1, -0.05) is 71.9 Å². The molecule has 0 saturated carbocycles. The number of hydrogen-bond donors (Lipinski definition) is 1. The molecule has 0 aliphatic rings. The van der Waals surface area contributed by atoms with Crippen LogP contribution in [0.2, 0.25) is 0 Å². The molecule has 0 aliphatic carbocycles. The van der Waals surface area contributed by atoms with Crippen LogP contribution in [0.15, 0.2) is 59.8 Å².